The molecular weight excluding hydrogens is 278 g/mol. The fourth-order valence-corrected chi connectivity index (χ4v) is 3.03. The van der Waals surface area contributed by atoms with Crippen molar-refractivity contribution in [2.24, 2.45) is 0 Å². The average molecular weight is 298 g/mol. The third-order valence-electron chi connectivity index (χ3n) is 3.67. The van der Waals surface area contributed by atoms with E-state index in [1.54, 1.807) is 0 Å². The first-order valence-corrected chi connectivity index (χ1v) is 6.80. The van der Waals surface area contributed by atoms with E-state index in [1.807, 2.05) is 12.1 Å². The van der Waals surface area contributed by atoms with Crippen molar-refractivity contribution in [1.82, 2.24) is 4.90 Å². The summed E-state index contributed by atoms with van der Waals surface area (Å²) >= 11 is 3.60. The largest absolute Gasteiger partial charge is 0.399 e. The molecule has 2 rings (SSSR count). The van der Waals surface area contributed by atoms with Crippen LogP contribution in [0.1, 0.15) is 13.8 Å². The van der Waals surface area contributed by atoms with Gasteiger partial charge in [0.1, 0.15) is 0 Å². The monoisotopic (exact) mass is 297 g/mol. The first-order chi connectivity index (χ1) is 7.99. The Bertz CT molecular complexity index is 396. The van der Waals surface area contributed by atoms with Gasteiger partial charge in [0, 0.05) is 35.3 Å². The minimum Gasteiger partial charge on any atom is -0.399 e. The number of anilines is 2. The van der Waals surface area contributed by atoms with Gasteiger partial charge in [-0.3, -0.25) is 4.90 Å². The molecule has 1 aliphatic heterocycles. The third kappa shape index (κ3) is 2.58. The zero-order valence-electron chi connectivity index (χ0n) is 10.7. The number of likely N-dealkylation sites (N-methyl/N-ethyl adjacent to an activating group) is 1. The summed E-state index contributed by atoms with van der Waals surface area (Å²) < 4.78 is 1.08. The van der Waals surface area contributed by atoms with Gasteiger partial charge in [-0.1, -0.05) is 0 Å². The van der Waals surface area contributed by atoms with Gasteiger partial charge in [-0.05, 0) is 55.0 Å². The second-order valence-electron chi connectivity index (χ2n) is 4.98. The molecule has 2 atom stereocenters. The van der Waals surface area contributed by atoms with Crippen LogP contribution in [0.3, 0.4) is 0 Å². The normalized spacial score (nSPS) is 26.2. The van der Waals surface area contributed by atoms with E-state index in [-0.39, 0.29) is 0 Å². The molecule has 1 saturated heterocycles. The Balaban J connectivity index is 2.23. The van der Waals surface area contributed by atoms with E-state index in [2.05, 4.69) is 52.7 Å². The summed E-state index contributed by atoms with van der Waals surface area (Å²) in [5.74, 6) is 0. The molecule has 0 aliphatic carbocycles. The molecule has 2 unspecified atom stereocenters. The van der Waals surface area contributed by atoms with Crippen LogP contribution in [0.25, 0.3) is 0 Å². The molecule has 4 heteroatoms. The smallest absolute Gasteiger partial charge is 0.0513 e. The van der Waals surface area contributed by atoms with Crippen molar-refractivity contribution in [2.45, 2.75) is 25.9 Å². The Kier molecular flexibility index (Phi) is 3.64. The minimum atomic E-state index is 0.572. The lowest BCUT2D eigenvalue weighted by atomic mass is 10.1. The number of nitrogens with zero attached hydrogens (tertiary/aromatic N) is 2. The Morgan fingerprint density at radius 1 is 1.24 bits per heavy atom. The predicted molar refractivity (Wildman–Crippen MR) is 77.5 cm³/mol. The lowest BCUT2D eigenvalue weighted by Gasteiger charge is -2.43. The number of hydrogen-bond acceptors (Lipinski definition) is 3. The first kappa shape index (κ1) is 12.7. The van der Waals surface area contributed by atoms with Crippen molar-refractivity contribution in [3.05, 3.63) is 22.7 Å². The number of piperazine rings is 1. The molecule has 1 aliphatic rings. The van der Waals surface area contributed by atoms with E-state index >= 15 is 0 Å². The van der Waals surface area contributed by atoms with Gasteiger partial charge < -0.3 is 10.6 Å². The first-order valence-electron chi connectivity index (χ1n) is 6.01. The fourth-order valence-electron chi connectivity index (χ4n) is 2.38. The molecule has 2 N–H and O–H groups in total. The Morgan fingerprint density at radius 2 is 1.82 bits per heavy atom. The Hall–Kier alpha value is -0.740. The molecule has 1 aromatic carbocycles. The SMILES string of the molecule is CC1CN(c2ccc(N)cc2Br)CC(C)N1C. The van der Waals surface area contributed by atoms with Crippen LogP contribution in [0, 0.1) is 0 Å². The minimum absolute atomic E-state index is 0.572. The van der Waals surface area contributed by atoms with Gasteiger partial charge in [-0.25, -0.2) is 0 Å². The Labute approximate surface area is 112 Å². The van der Waals surface area contributed by atoms with Gasteiger partial charge >= 0.3 is 0 Å². The number of hydrogen-bond donors (Lipinski definition) is 1. The molecule has 1 fully saturated rings. The lowest BCUT2D eigenvalue weighted by Crippen LogP contribution is -2.55. The van der Waals surface area contributed by atoms with Crippen LogP contribution in [0.5, 0.6) is 0 Å². The number of benzene rings is 1. The molecule has 1 aromatic rings. The van der Waals surface area contributed by atoms with Gasteiger partial charge in [0.2, 0.25) is 0 Å². The molecule has 0 radical (unpaired) electrons. The van der Waals surface area contributed by atoms with Gasteiger partial charge in [-0.2, -0.15) is 0 Å². The summed E-state index contributed by atoms with van der Waals surface area (Å²) in [5.41, 5.74) is 7.82. The summed E-state index contributed by atoms with van der Waals surface area (Å²) in [6, 6.07) is 7.19. The van der Waals surface area contributed by atoms with Crippen molar-refractivity contribution in [2.75, 3.05) is 30.8 Å². The number of rotatable bonds is 1. The summed E-state index contributed by atoms with van der Waals surface area (Å²) in [7, 11) is 2.20. The van der Waals surface area contributed by atoms with E-state index in [0.29, 0.717) is 12.1 Å². The van der Waals surface area contributed by atoms with Gasteiger partial charge in [-0.15, -0.1) is 0 Å². The van der Waals surface area contributed by atoms with E-state index < -0.39 is 0 Å². The van der Waals surface area contributed by atoms with Crippen molar-refractivity contribution < 1.29 is 0 Å². The summed E-state index contributed by atoms with van der Waals surface area (Å²) in [6.07, 6.45) is 0. The third-order valence-corrected chi connectivity index (χ3v) is 4.31. The van der Waals surface area contributed by atoms with Gasteiger partial charge in [0.15, 0.2) is 0 Å². The highest BCUT2D eigenvalue weighted by atomic mass is 79.9. The number of nitrogens with two attached hydrogens (primary N) is 1. The molecule has 0 bridgehead atoms. The van der Waals surface area contributed by atoms with Crippen LogP contribution in [-0.2, 0) is 0 Å². The molecule has 1 heterocycles. The summed E-state index contributed by atoms with van der Waals surface area (Å²) in [6.45, 7) is 6.66. The molecule has 0 spiro atoms. The maximum atomic E-state index is 5.78. The van der Waals surface area contributed by atoms with Crippen molar-refractivity contribution in [1.29, 1.82) is 0 Å². The quantitative estimate of drug-likeness (QED) is 0.809. The highest BCUT2D eigenvalue weighted by Crippen LogP contribution is 2.30. The highest BCUT2D eigenvalue weighted by molar-refractivity contribution is 9.10. The zero-order chi connectivity index (χ0) is 12.6. The molecule has 94 valence electrons. The van der Waals surface area contributed by atoms with Crippen LogP contribution in [0.15, 0.2) is 22.7 Å². The topological polar surface area (TPSA) is 32.5 Å². The van der Waals surface area contributed by atoms with E-state index in [0.717, 1.165) is 23.2 Å². The number of nitrogen functional groups attached to an aromatic ring is 1. The summed E-state index contributed by atoms with van der Waals surface area (Å²) in [5, 5.41) is 0. The second kappa shape index (κ2) is 4.86. The molecule has 0 saturated carbocycles. The predicted octanol–water partition coefficient (Wildman–Crippen LogP) is 2.56. The molecule has 0 aromatic heterocycles. The summed E-state index contributed by atoms with van der Waals surface area (Å²) in [4.78, 5) is 4.86. The van der Waals surface area contributed by atoms with Crippen LogP contribution < -0.4 is 10.6 Å². The Morgan fingerprint density at radius 3 is 2.35 bits per heavy atom. The van der Waals surface area contributed by atoms with Crippen LogP contribution in [-0.4, -0.2) is 37.1 Å². The maximum absolute atomic E-state index is 5.78. The second-order valence-corrected chi connectivity index (χ2v) is 5.83. The van der Waals surface area contributed by atoms with Crippen LogP contribution in [0.2, 0.25) is 0 Å². The molecular formula is C13H20BrN3. The lowest BCUT2D eigenvalue weighted by molar-refractivity contribution is 0.170. The van der Waals surface area contributed by atoms with Gasteiger partial charge in [0.05, 0.1) is 5.69 Å². The van der Waals surface area contributed by atoms with E-state index in [9.17, 15) is 0 Å². The standard InChI is InChI=1S/C13H20BrN3/c1-9-7-17(8-10(2)16(9)3)13-5-4-11(15)6-12(13)14/h4-6,9-10H,7-8,15H2,1-3H3. The van der Waals surface area contributed by atoms with Crippen molar-refractivity contribution >= 4 is 27.3 Å². The van der Waals surface area contributed by atoms with Gasteiger partial charge in [0.25, 0.3) is 0 Å². The van der Waals surface area contributed by atoms with E-state index in [1.165, 1.54) is 5.69 Å². The molecule has 17 heavy (non-hydrogen) atoms. The van der Waals surface area contributed by atoms with Crippen LogP contribution in [0.4, 0.5) is 11.4 Å². The zero-order valence-corrected chi connectivity index (χ0v) is 12.2. The van der Waals surface area contributed by atoms with Crippen LogP contribution >= 0.6 is 15.9 Å². The van der Waals surface area contributed by atoms with Crippen molar-refractivity contribution in [3.8, 4) is 0 Å². The maximum Gasteiger partial charge on any atom is 0.0513 e. The van der Waals surface area contributed by atoms with Crippen molar-refractivity contribution in [3.63, 3.8) is 0 Å². The highest BCUT2D eigenvalue weighted by Gasteiger charge is 2.27. The molecule has 0 amide bonds. The fraction of sp³-hybridized carbons (Fsp3) is 0.538. The van der Waals surface area contributed by atoms with E-state index in [4.69, 9.17) is 5.73 Å². The number of halogens is 1. The molecule has 3 nitrogen and oxygen atoms in total. The average Bonchev–Trinajstić information content (AvgIpc) is 2.25.